The summed E-state index contributed by atoms with van der Waals surface area (Å²) in [5, 5.41) is 12.3. The Kier molecular flexibility index (Phi) is 9.51. The molecule has 0 aromatic heterocycles. The van der Waals surface area contributed by atoms with Crippen LogP contribution in [0.25, 0.3) is 0 Å². The van der Waals surface area contributed by atoms with Crippen molar-refractivity contribution in [3.8, 4) is 5.75 Å². The van der Waals surface area contributed by atoms with Crippen LogP contribution in [0.2, 0.25) is 5.02 Å². The predicted octanol–water partition coefficient (Wildman–Crippen LogP) is 4.22. The number of carboxylic acid groups (broad SMARTS) is 1. The molecule has 0 fully saturated rings. The summed E-state index contributed by atoms with van der Waals surface area (Å²) in [6.07, 6.45) is -0.456. The van der Waals surface area contributed by atoms with Gasteiger partial charge in [0.05, 0.1) is 6.61 Å². The highest BCUT2D eigenvalue weighted by Crippen LogP contribution is 2.17. The molecule has 0 aliphatic rings. The molecule has 2 aromatic carbocycles. The molecule has 2 aromatic rings. The Bertz CT molecular complexity index is 759. The SMILES string of the molecule is O=C(NC(CCSCCOc1cccc(Cl)c1)C(=O)O)OCc1ccccc1. The van der Waals surface area contributed by atoms with Crippen molar-refractivity contribution in [1.29, 1.82) is 0 Å². The summed E-state index contributed by atoms with van der Waals surface area (Å²) in [6.45, 7) is 0.573. The summed E-state index contributed by atoms with van der Waals surface area (Å²) in [4.78, 5) is 23.1. The van der Waals surface area contributed by atoms with Gasteiger partial charge in [0.15, 0.2) is 0 Å². The van der Waals surface area contributed by atoms with Crippen LogP contribution in [0.1, 0.15) is 12.0 Å². The molecule has 150 valence electrons. The number of carbonyl (C=O) groups excluding carboxylic acids is 1. The minimum absolute atomic E-state index is 0.0919. The van der Waals surface area contributed by atoms with Crippen molar-refractivity contribution in [2.24, 2.45) is 0 Å². The number of rotatable bonds is 11. The molecule has 1 atom stereocenters. The molecule has 28 heavy (non-hydrogen) atoms. The van der Waals surface area contributed by atoms with Gasteiger partial charge in [-0.05, 0) is 35.9 Å². The van der Waals surface area contributed by atoms with Crippen molar-refractivity contribution in [2.45, 2.75) is 19.1 Å². The molecule has 0 radical (unpaired) electrons. The Labute approximate surface area is 173 Å². The molecule has 0 aliphatic carbocycles. The lowest BCUT2D eigenvalue weighted by Crippen LogP contribution is -2.41. The lowest BCUT2D eigenvalue weighted by atomic mass is 10.2. The lowest BCUT2D eigenvalue weighted by molar-refractivity contribution is -0.139. The Morgan fingerprint density at radius 1 is 1.11 bits per heavy atom. The quantitative estimate of drug-likeness (QED) is 0.526. The fraction of sp³-hybridized carbons (Fsp3) is 0.300. The van der Waals surface area contributed by atoms with Crippen molar-refractivity contribution in [2.75, 3.05) is 18.1 Å². The third-order valence-corrected chi connectivity index (χ3v) is 4.86. The van der Waals surface area contributed by atoms with Gasteiger partial charge >= 0.3 is 12.1 Å². The Morgan fingerprint density at radius 3 is 2.61 bits per heavy atom. The summed E-state index contributed by atoms with van der Waals surface area (Å²) in [7, 11) is 0. The molecule has 2 rings (SSSR count). The summed E-state index contributed by atoms with van der Waals surface area (Å²) in [5.74, 6) is 0.860. The van der Waals surface area contributed by atoms with Crippen LogP contribution in [0.15, 0.2) is 54.6 Å². The first kappa shape index (κ1) is 21.9. The van der Waals surface area contributed by atoms with Gasteiger partial charge in [0.25, 0.3) is 0 Å². The van der Waals surface area contributed by atoms with Gasteiger partial charge in [0.1, 0.15) is 18.4 Å². The molecular weight excluding hydrogens is 402 g/mol. The molecule has 1 amide bonds. The van der Waals surface area contributed by atoms with Crippen LogP contribution in [0, 0.1) is 0 Å². The van der Waals surface area contributed by atoms with Crippen LogP contribution in [-0.2, 0) is 16.1 Å². The van der Waals surface area contributed by atoms with Gasteiger partial charge in [-0.1, -0.05) is 48.0 Å². The Morgan fingerprint density at radius 2 is 1.89 bits per heavy atom. The van der Waals surface area contributed by atoms with E-state index in [0.29, 0.717) is 28.9 Å². The average Bonchev–Trinajstić information content (AvgIpc) is 2.68. The van der Waals surface area contributed by atoms with Crippen molar-refractivity contribution < 1.29 is 24.2 Å². The van der Waals surface area contributed by atoms with E-state index >= 15 is 0 Å². The number of alkyl carbamates (subject to hydrolysis) is 1. The summed E-state index contributed by atoms with van der Waals surface area (Å²) in [5.41, 5.74) is 0.833. The van der Waals surface area contributed by atoms with Crippen LogP contribution in [0.4, 0.5) is 4.79 Å². The van der Waals surface area contributed by atoms with E-state index in [9.17, 15) is 14.7 Å². The molecule has 0 bridgehead atoms. The molecule has 1 unspecified atom stereocenters. The Balaban J connectivity index is 1.62. The van der Waals surface area contributed by atoms with Crippen molar-refractivity contribution in [3.05, 3.63) is 65.2 Å². The topological polar surface area (TPSA) is 84.9 Å². The van der Waals surface area contributed by atoms with E-state index < -0.39 is 18.1 Å². The number of carbonyl (C=O) groups is 2. The minimum atomic E-state index is -1.09. The van der Waals surface area contributed by atoms with Gasteiger partial charge in [-0.15, -0.1) is 0 Å². The standard InChI is InChI=1S/C20H22ClNO5S/c21-16-7-4-8-17(13-16)26-10-12-28-11-9-18(19(23)24)22-20(25)27-14-15-5-2-1-3-6-15/h1-8,13,18H,9-12,14H2,(H,22,25)(H,23,24). The second-order valence-electron chi connectivity index (χ2n) is 5.80. The summed E-state index contributed by atoms with van der Waals surface area (Å²) in [6, 6.07) is 15.3. The van der Waals surface area contributed by atoms with E-state index in [1.165, 1.54) is 0 Å². The van der Waals surface area contributed by atoms with Gasteiger partial charge < -0.3 is 19.9 Å². The van der Waals surface area contributed by atoms with Crippen LogP contribution < -0.4 is 10.1 Å². The number of thioether (sulfide) groups is 1. The van der Waals surface area contributed by atoms with E-state index in [-0.39, 0.29) is 13.0 Å². The van der Waals surface area contributed by atoms with Gasteiger partial charge in [-0.25, -0.2) is 9.59 Å². The first-order valence-corrected chi connectivity index (χ1v) is 10.2. The third kappa shape index (κ3) is 8.54. The molecule has 8 heteroatoms. The molecule has 0 heterocycles. The Hall–Kier alpha value is -2.38. The highest BCUT2D eigenvalue weighted by atomic mass is 35.5. The molecular formula is C20H22ClNO5S. The van der Waals surface area contributed by atoms with E-state index in [1.54, 1.807) is 23.9 Å². The average molecular weight is 424 g/mol. The fourth-order valence-electron chi connectivity index (χ4n) is 2.24. The summed E-state index contributed by atoms with van der Waals surface area (Å²) < 4.78 is 10.6. The number of hydrogen-bond donors (Lipinski definition) is 2. The molecule has 0 spiro atoms. The number of hydrogen-bond acceptors (Lipinski definition) is 5. The first-order chi connectivity index (χ1) is 13.5. The molecule has 2 N–H and O–H groups in total. The molecule has 0 aliphatic heterocycles. The number of halogens is 1. The molecule has 6 nitrogen and oxygen atoms in total. The van der Waals surface area contributed by atoms with Crippen molar-refractivity contribution >= 4 is 35.4 Å². The fourth-order valence-corrected chi connectivity index (χ4v) is 3.23. The zero-order valence-electron chi connectivity index (χ0n) is 15.2. The van der Waals surface area contributed by atoms with Gasteiger partial charge in [-0.3, -0.25) is 0 Å². The third-order valence-electron chi connectivity index (χ3n) is 3.65. The highest BCUT2D eigenvalue weighted by Gasteiger charge is 2.20. The molecule has 0 saturated carbocycles. The predicted molar refractivity (Wildman–Crippen MR) is 110 cm³/mol. The van der Waals surface area contributed by atoms with Crippen molar-refractivity contribution in [1.82, 2.24) is 5.32 Å². The zero-order valence-corrected chi connectivity index (χ0v) is 16.7. The van der Waals surface area contributed by atoms with E-state index in [0.717, 1.165) is 5.56 Å². The number of carboxylic acids is 1. The van der Waals surface area contributed by atoms with Crippen LogP contribution in [0.3, 0.4) is 0 Å². The van der Waals surface area contributed by atoms with Crippen LogP contribution in [-0.4, -0.2) is 41.3 Å². The van der Waals surface area contributed by atoms with Crippen LogP contribution >= 0.6 is 23.4 Å². The molecule has 0 saturated heterocycles. The summed E-state index contributed by atoms with van der Waals surface area (Å²) >= 11 is 7.43. The lowest BCUT2D eigenvalue weighted by Gasteiger charge is -2.14. The second kappa shape index (κ2) is 12.2. The number of benzene rings is 2. The second-order valence-corrected chi connectivity index (χ2v) is 7.46. The minimum Gasteiger partial charge on any atom is -0.493 e. The number of nitrogens with one attached hydrogen (secondary N) is 1. The van der Waals surface area contributed by atoms with E-state index in [1.807, 2.05) is 42.5 Å². The normalized spacial score (nSPS) is 11.5. The number of aliphatic carboxylic acids is 1. The van der Waals surface area contributed by atoms with Crippen molar-refractivity contribution in [3.63, 3.8) is 0 Å². The number of amides is 1. The van der Waals surface area contributed by atoms with E-state index in [2.05, 4.69) is 5.32 Å². The smallest absolute Gasteiger partial charge is 0.408 e. The van der Waals surface area contributed by atoms with Gasteiger partial charge in [-0.2, -0.15) is 11.8 Å². The largest absolute Gasteiger partial charge is 0.493 e. The first-order valence-electron chi connectivity index (χ1n) is 8.70. The maximum absolute atomic E-state index is 11.8. The highest BCUT2D eigenvalue weighted by molar-refractivity contribution is 7.99. The van der Waals surface area contributed by atoms with Gasteiger partial charge in [0, 0.05) is 10.8 Å². The van der Waals surface area contributed by atoms with Crippen LogP contribution in [0.5, 0.6) is 5.75 Å². The van der Waals surface area contributed by atoms with Gasteiger partial charge in [0.2, 0.25) is 0 Å². The maximum atomic E-state index is 11.8. The maximum Gasteiger partial charge on any atom is 0.408 e. The monoisotopic (exact) mass is 423 g/mol. The number of ether oxygens (including phenoxy) is 2. The van der Waals surface area contributed by atoms with E-state index in [4.69, 9.17) is 21.1 Å². The zero-order chi connectivity index (χ0) is 20.2.